The van der Waals surface area contributed by atoms with E-state index in [1.165, 1.54) is 44.5 Å². The fraction of sp³-hybridized carbons (Fsp3) is 0.0263. The molecule has 14 rings (SSSR count). The Labute approximate surface area is 507 Å². The first-order valence-corrected chi connectivity index (χ1v) is 27.7. The SMILES string of the molecule is COc1ccc(/C=C/c2ccnc(-c3cc(/C=C/c4ccc(OC)cc4)ccn3)c2)cc1.[Ru].c1ccc(-c2ccnc3c2ccc2c(-c4ccccc4)ccnc23)cc1.c1ccc(-c2ccnc3c2ccc2c(-c4ccccc4)ccnc23)cc1. The summed E-state index contributed by atoms with van der Waals surface area (Å²) in [5.74, 6) is 1.70. The zero-order valence-corrected chi connectivity index (χ0v) is 48.5. The summed E-state index contributed by atoms with van der Waals surface area (Å²) in [6.45, 7) is 0. The summed E-state index contributed by atoms with van der Waals surface area (Å²) < 4.78 is 10.4. The summed E-state index contributed by atoms with van der Waals surface area (Å²) in [5.41, 5.74) is 19.3. The van der Waals surface area contributed by atoms with Gasteiger partial charge in [-0.2, -0.15) is 0 Å². The van der Waals surface area contributed by atoms with Crippen molar-refractivity contribution < 1.29 is 29.0 Å². The number of methoxy groups -OCH3 is 2. The maximum atomic E-state index is 5.21. The van der Waals surface area contributed by atoms with Crippen LogP contribution in [-0.4, -0.2) is 44.1 Å². The zero-order chi connectivity index (χ0) is 56.9. The Kier molecular flexibility index (Phi) is 17.9. The number of benzene rings is 8. The van der Waals surface area contributed by atoms with Crippen molar-refractivity contribution in [1.29, 1.82) is 0 Å². The molecule has 0 radical (unpaired) electrons. The fourth-order valence-electron chi connectivity index (χ4n) is 10.3. The van der Waals surface area contributed by atoms with Crippen molar-refractivity contribution in [3.63, 3.8) is 0 Å². The molecule has 8 nitrogen and oxygen atoms in total. The van der Waals surface area contributed by atoms with Gasteiger partial charge in [-0.25, -0.2) is 0 Å². The van der Waals surface area contributed by atoms with Crippen LogP contribution in [0.1, 0.15) is 22.3 Å². The van der Waals surface area contributed by atoms with Gasteiger partial charge in [0.1, 0.15) is 11.5 Å². The molecule has 0 aliphatic carbocycles. The quantitative estimate of drug-likeness (QED) is 0.0934. The first-order chi connectivity index (χ1) is 41.6. The minimum absolute atomic E-state index is 0. The zero-order valence-electron chi connectivity index (χ0n) is 46.7. The van der Waals surface area contributed by atoms with Crippen LogP contribution in [0.2, 0.25) is 0 Å². The summed E-state index contributed by atoms with van der Waals surface area (Å²) in [4.78, 5) is 27.7. The van der Waals surface area contributed by atoms with E-state index in [0.29, 0.717) is 0 Å². The van der Waals surface area contributed by atoms with Gasteiger partial charge in [0.05, 0.1) is 47.7 Å². The summed E-state index contributed by atoms with van der Waals surface area (Å²) in [5, 5.41) is 4.51. The van der Waals surface area contributed by atoms with E-state index in [9.17, 15) is 0 Å². The van der Waals surface area contributed by atoms with E-state index < -0.39 is 0 Å². The standard InChI is InChI=1S/C28H24N2O2.2C24H16N2.Ru/c1-31-25-11-7-21(8-12-25)3-5-23-15-17-29-27(19-23)28-20-24(16-18-30-28)6-4-22-9-13-26(32-2)14-10-22;2*1-3-7-17(8-4-1)19-13-15-25-23-21(19)11-12-22-20(14-16-26-24(22)23)18-9-5-2-6-10-18;/h3-20H,1-2H3;2*1-16H;/b5-3+,6-4+;;;. The van der Waals surface area contributed by atoms with Crippen LogP contribution in [0.5, 0.6) is 11.5 Å². The third kappa shape index (κ3) is 13.0. The van der Waals surface area contributed by atoms with E-state index in [0.717, 1.165) is 88.8 Å². The average Bonchev–Trinajstić information content (AvgIpc) is 2.76. The van der Waals surface area contributed by atoms with Crippen LogP contribution in [0, 0.1) is 0 Å². The monoisotopic (exact) mass is 1190 g/mol. The molecule has 0 saturated carbocycles. The van der Waals surface area contributed by atoms with Gasteiger partial charge in [0, 0.05) is 78.2 Å². The molecule has 0 aliphatic heterocycles. The van der Waals surface area contributed by atoms with Crippen LogP contribution in [0.3, 0.4) is 0 Å². The maximum Gasteiger partial charge on any atom is 0.118 e. The molecule has 6 heterocycles. The van der Waals surface area contributed by atoms with Gasteiger partial charge in [-0.1, -0.05) is 194 Å². The predicted molar refractivity (Wildman–Crippen MR) is 347 cm³/mol. The molecule has 0 spiro atoms. The van der Waals surface area contributed by atoms with Crippen molar-refractivity contribution in [3.8, 4) is 67.4 Å². The number of ether oxygens (including phenoxy) is 2. The number of hydrogen-bond acceptors (Lipinski definition) is 8. The molecular formula is C76H56N6O2Ru. The summed E-state index contributed by atoms with van der Waals surface area (Å²) in [6, 6.07) is 82.6. The molecule has 0 N–H and O–H groups in total. The number of hydrogen-bond donors (Lipinski definition) is 0. The van der Waals surface area contributed by atoms with Crippen molar-refractivity contribution in [3.05, 3.63) is 302 Å². The smallest absolute Gasteiger partial charge is 0.118 e. The summed E-state index contributed by atoms with van der Waals surface area (Å²) in [6.07, 6.45) is 19.4. The van der Waals surface area contributed by atoms with Gasteiger partial charge in [-0.15, -0.1) is 0 Å². The molecule has 6 aromatic heterocycles. The second kappa shape index (κ2) is 27.0. The maximum absolute atomic E-state index is 5.21. The first-order valence-electron chi connectivity index (χ1n) is 27.7. The van der Waals surface area contributed by atoms with E-state index in [1.54, 1.807) is 14.2 Å². The Morgan fingerprint density at radius 1 is 0.259 bits per heavy atom. The van der Waals surface area contributed by atoms with Crippen LogP contribution < -0.4 is 9.47 Å². The van der Waals surface area contributed by atoms with Crippen molar-refractivity contribution in [2.75, 3.05) is 14.2 Å². The van der Waals surface area contributed by atoms with Crippen LogP contribution in [0.25, 0.3) is 124 Å². The van der Waals surface area contributed by atoms with E-state index in [-0.39, 0.29) is 19.5 Å². The molecule has 0 amide bonds. The molecule has 0 fully saturated rings. The van der Waals surface area contributed by atoms with Gasteiger partial charge < -0.3 is 9.47 Å². The summed E-state index contributed by atoms with van der Waals surface area (Å²) >= 11 is 0. The van der Waals surface area contributed by atoms with Gasteiger partial charge in [0.15, 0.2) is 0 Å². The predicted octanol–water partition coefficient (Wildman–Crippen LogP) is 18.7. The third-order valence-corrected chi connectivity index (χ3v) is 14.6. The number of aromatic nitrogens is 6. The van der Waals surface area contributed by atoms with E-state index >= 15 is 0 Å². The topological polar surface area (TPSA) is 95.8 Å². The molecule has 8 aromatic carbocycles. The molecule has 9 heteroatoms. The Bertz CT molecular complexity index is 4110. The number of nitrogens with zero attached hydrogens (tertiary/aromatic N) is 6. The Morgan fingerprint density at radius 3 is 0.788 bits per heavy atom. The van der Waals surface area contributed by atoms with Crippen molar-refractivity contribution >= 4 is 67.9 Å². The van der Waals surface area contributed by atoms with Crippen molar-refractivity contribution in [2.45, 2.75) is 0 Å². The number of fused-ring (bicyclic) bond motifs is 6. The molecule has 14 aromatic rings. The van der Waals surface area contributed by atoms with Crippen LogP contribution in [0.15, 0.2) is 280 Å². The molecule has 0 unspecified atom stereocenters. The van der Waals surface area contributed by atoms with Crippen molar-refractivity contribution in [2.24, 2.45) is 0 Å². The van der Waals surface area contributed by atoms with Gasteiger partial charge in [0.2, 0.25) is 0 Å². The first kappa shape index (κ1) is 56.3. The fourth-order valence-corrected chi connectivity index (χ4v) is 10.3. The largest absolute Gasteiger partial charge is 0.497 e. The minimum Gasteiger partial charge on any atom is -0.497 e. The van der Waals surface area contributed by atoms with E-state index in [4.69, 9.17) is 9.47 Å². The molecular weight excluding hydrogens is 1130 g/mol. The van der Waals surface area contributed by atoms with Gasteiger partial charge in [-0.3, -0.25) is 29.9 Å². The van der Waals surface area contributed by atoms with Crippen molar-refractivity contribution in [1.82, 2.24) is 29.9 Å². The van der Waals surface area contributed by atoms with Gasteiger partial charge in [-0.05, 0) is 140 Å². The van der Waals surface area contributed by atoms with Crippen LogP contribution >= 0.6 is 0 Å². The van der Waals surface area contributed by atoms with E-state index in [1.807, 2.05) is 134 Å². The minimum atomic E-state index is 0. The Morgan fingerprint density at radius 2 is 0.518 bits per heavy atom. The molecule has 0 atom stereocenters. The van der Waals surface area contributed by atoms with Gasteiger partial charge in [0.25, 0.3) is 0 Å². The number of rotatable bonds is 11. The van der Waals surface area contributed by atoms with E-state index in [2.05, 4.69) is 200 Å². The molecule has 0 aliphatic rings. The normalized spacial score (nSPS) is 11.0. The van der Waals surface area contributed by atoms with Crippen LogP contribution in [-0.2, 0) is 19.5 Å². The Hall–Kier alpha value is -10.6. The third-order valence-electron chi connectivity index (χ3n) is 14.6. The van der Waals surface area contributed by atoms with Crippen LogP contribution in [0.4, 0.5) is 0 Å². The molecule has 0 saturated heterocycles. The second-order valence-corrected chi connectivity index (χ2v) is 19.8. The second-order valence-electron chi connectivity index (χ2n) is 19.8. The molecule has 0 bridgehead atoms. The number of pyridine rings is 6. The molecule has 410 valence electrons. The Balaban J connectivity index is 0.000000133. The summed E-state index contributed by atoms with van der Waals surface area (Å²) in [7, 11) is 3.34. The molecule has 85 heavy (non-hydrogen) atoms. The average molecular weight is 1190 g/mol. The van der Waals surface area contributed by atoms with Gasteiger partial charge >= 0.3 is 0 Å².